The number of phenolic OH excluding ortho intramolecular Hbond substituents is 9. The van der Waals surface area contributed by atoms with E-state index in [0.29, 0.717) is 70.9 Å². The number of hydrogen-bond donors (Lipinski definition) is 9. The predicted octanol–water partition coefficient (Wildman–Crippen LogP) is 22.7. The van der Waals surface area contributed by atoms with E-state index in [2.05, 4.69) is 78.9 Å². The number of fused-ring (bicyclic) bond motifs is 14. The van der Waals surface area contributed by atoms with E-state index in [9.17, 15) is 46.0 Å². The molecule has 100 heavy (non-hydrogen) atoms. The molecule has 0 spiro atoms. The molecular formula is C88H52O12. The smallest absolute Gasteiger partial charge is 0.218 e. The number of phenols is 9. The Kier molecular flexibility index (Phi) is 12.4. The molecule has 0 aliphatic heterocycles. The van der Waals surface area contributed by atoms with Crippen LogP contribution in [0.4, 0.5) is 0 Å². The van der Waals surface area contributed by atoms with E-state index in [0.717, 1.165) is 92.8 Å². The number of ether oxygens (including phenoxy) is 1. The van der Waals surface area contributed by atoms with Gasteiger partial charge in [-0.15, -0.1) is 0 Å². The molecule has 0 radical (unpaired) electrons. The van der Waals surface area contributed by atoms with E-state index in [1.165, 1.54) is 0 Å². The lowest BCUT2D eigenvalue weighted by Gasteiger charge is -2.21. The molecular weight excluding hydrogens is 1250 g/mol. The highest BCUT2D eigenvalue weighted by Gasteiger charge is 2.33. The maximum Gasteiger partial charge on any atom is 0.218 e. The lowest BCUT2D eigenvalue weighted by atomic mass is 9.84. The number of rotatable bonds is 8. The first kappa shape index (κ1) is 57.6. The molecule has 476 valence electrons. The molecule has 0 aliphatic rings. The van der Waals surface area contributed by atoms with Gasteiger partial charge in [-0.05, 0) is 162 Å². The molecule has 0 atom stereocenters. The van der Waals surface area contributed by atoms with Gasteiger partial charge >= 0.3 is 0 Å². The summed E-state index contributed by atoms with van der Waals surface area (Å²) < 4.78 is 20.3. The summed E-state index contributed by atoms with van der Waals surface area (Å²) in [5.74, 6) is -8.79. The van der Waals surface area contributed by atoms with Crippen molar-refractivity contribution in [3.63, 3.8) is 0 Å². The van der Waals surface area contributed by atoms with Crippen LogP contribution in [-0.4, -0.2) is 46.0 Å². The Balaban J connectivity index is 0.798. The Morgan fingerprint density at radius 1 is 0.220 bits per heavy atom. The standard InChI is InChI=1S/C88H52O12/c89-78-76(79(90)83(94)84(95)82(78)93)74-61-27-11-7-23-57(61)71(58-24-8-12-28-62(58)74)64-39-41-68(87-75(64)63-38-35-46(43-69(63)100-87)50-29-14-31-51-49-20-4-2-17-45(49)34-37-53(50)51)99-88-85(96)80(91)77(81(92)86(88)97)73-59-25-9-5-21-55(59)70(56-22-6-10-26-60(56)73)47-36-40-66-65(42-47)72-54(32-15-33-67(72)98-66)52-30-13-18-44-16-1-3-19-48(44)52/h1-43,89-97H. The van der Waals surface area contributed by atoms with Crippen molar-refractivity contribution in [2.24, 2.45) is 0 Å². The molecule has 19 aromatic rings. The van der Waals surface area contributed by atoms with Gasteiger partial charge in [0.25, 0.3) is 0 Å². The lowest BCUT2D eigenvalue weighted by Crippen LogP contribution is -1.95. The molecule has 9 N–H and O–H groups in total. The monoisotopic (exact) mass is 1300 g/mol. The second-order valence-corrected chi connectivity index (χ2v) is 25.3. The zero-order valence-electron chi connectivity index (χ0n) is 52.6. The van der Waals surface area contributed by atoms with Gasteiger partial charge < -0.3 is 59.5 Å². The third-order valence-corrected chi connectivity index (χ3v) is 20.1. The van der Waals surface area contributed by atoms with Gasteiger partial charge in [0.2, 0.25) is 34.5 Å². The summed E-state index contributed by atoms with van der Waals surface area (Å²) >= 11 is 0. The molecule has 12 nitrogen and oxygen atoms in total. The molecule has 12 heteroatoms. The number of aromatic hydroxyl groups is 9. The fourth-order valence-electron chi connectivity index (χ4n) is 15.7. The van der Waals surface area contributed by atoms with E-state index < -0.39 is 57.5 Å². The van der Waals surface area contributed by atoms with Crippen LogP contribution in [0.1, 0.15) is 0 Å². The first-order chi connectivity index (χ1) is 48.9. The number of furan rings is 2. The zero-order chi connectivity index (χ0) is 67.5. The Morgan fingerprint density at radius 3 is 1.30 bits per heavy atom. The van der Waals surface area contributed by atoms with Crippen LogP contribution in [-0.2, 0) is 0 Å². The van der Waals surface area contributed by atoms with Crippen molar-refractivity contribution in [3.05, 3.63) is 261 Å². The van der Waals surface area contributed by atoms with Gasteiger partial charge in [0.05, 0.1) is 11.1 Å². The van der Waals surface area contributed by atoms with Gasteiger partial charge in [0.1, 0.15) is 16.7 Å². The highest BCUT2D eigenvalue weighted by atomic mass is 16.5. The zero-order valence-corrected chi connectivity index (χ0v) is 52.6. The molecule has 17 aromatic carbocycles. The summed E-state index contributed by atoms with van der Waals surface area (Å²) in [6, 6.07) is 84.7. The maximum atomic E-state index is 12.7. The summed E-state index contributed by atoms with van der Waals surface area (Å²) in [7, 11) is 0. The largest absolute Gasteiger partial charge is 0.504 e. The van der Waals surface area contributed by atoms with Crippen LogP contribution in [0.5, 0.6) is 63.2 Å². The van der Waals surface area contributed by atoms with Gasteiger partial charge in [-0.3, -0.25) is 0 Å². The second-order valence-electron chi connectivity index (χ2n) is 25.3. The summed E-state index contributed by atoms with van der Waals surface area (Å²) in [6.45, 7) is 0. The minimum absolute atomic E-state index is 0.0211. The molecule has 0 saturated carbocycles. The highest BCUT2D eigenvalue weighted by molar-refractivity contribution is 6.28. The van der Waals surface area contributed by atoms with Gasteiger partial charge in [0, 0.05) is 32.7 Å². The topological polar surface area (TPSA) is 218 Å². The van der Waals surface area contributed by atoms with Crippen LogP contribution in [0.3, 0.4) is 0 Å². The lowest BCUT2D eigenvalue weighted by molar-refractivity contribution is 0.330. The summed E-state index contributed by atoms with van der Waals surface area (Å²) in [5, 5.41) is 120. The molecule has 2 heterocycles. The summed E-state index contributed by atoms with van der Waals surface area (Å²) in [5.41, 5.74) is 8.96. The van der Waals surface area contributed by atoms with E-state index >= 15 is 0 Å². The first-order valence-electron chi connectivity index (χ1n) is 32.5. The van der Waals surface area contributed by atoms with Gasteiger partial charge in [0.15, 0.2) is 34.3 Å². The average Bonchev–Trinajstić information content (AvgIpc) is 1.08. The van der Waals surface area contributed by atoms with Crippen molar-refractivity contribution >= 4 is 119 Å². The van der Waals surface area contributed by atoms with Crippen LogP contribution in [0.15, 0.2) is 270 Å². The van der Waals surface area contributed by atoms with E-state index in [4.69, 9.17) is 13.6 Å². The first-order valence-corrected chi connectivity index (χ1v) is 32.5. The maximum absolute atomic E-state index is 12.7. The second kappa shape index (κ2) is 21.6. The molecule has 0 saturated heterocycles. The van der Waals surface area contributed by atoms with Crippen molar-refractivity contribution in [2.75, 3.05) is 0 Å². The number of benzene rings is 17. The van der Waals surface area contributed by atoms with Crippen molar-refractivity contribution in [1.29, 1.82) is 0 Å². The van der Waals surface area contributed by atoms with Crippen LogP contribution in [0, 0.1) is 0 Å². The van der Waals surface area contributed by atoms with Gasteiger partial charge in [-0.2, -0.15) is 0 Å². The molecule has 0 unspecified atom stereocenters. The molecule has 2 aromatic heterocycles. The molecule has 0 bridgehead atoms. The van der Waals surface area contributed by atoms with E-state index in [1.807, 2.05) is 146 Å². The minimum Gasteiger partial charge on any atom is -0.504 e. The Hall–Kier alpha value is -13.8. The quantitative estimate of drug-likeness (QED) is 0.0301. The van der Waals surface area contributed by atoms with Gasteiger partial charge in [-0.25, -0.2) is 0 Å². The van der Waals surface area contributed by atoms with Crippen molar-refractivity contribution in [1.82, 2.24) is 0 Å². The molecule has 0 aliphatic carbocycles. The van der Waals surface area contributed by atoms with Crippen LogP contribution >= 0.6 is 0 Å². The molecule has 19 rings (SSSR count). The average molecular weight is 1300 g/mol. The summed E-state index contributed by atoms with van der Waals surface area (Å²) in [6.07, 6.45) is 0. The molecule has 0 fully saturated rings. The SMILES string of the molecule is Oc1c(O)c(O)c(-c2c3ccccc3c(-c3ccc(Oc4c(O)c(O)c(-c5c6ccccc6c(-c6ccc7oc8cccc(-c9cccc%10ccccc9%10)c8c7c6)c6ccccc56)c(O)c4O)c4oc5cc(-c6cccc7c6ccc6ccccc67)ccc5c34)c3ccccc23)c(O)c1O. The Bertz CT molecular complexity index is 6640. The van der Waals surface area contributed by atoms with Crippen molar-refractivity contribution in [2.45, 2.75) is 0 Å². The van der Waals surface area contributed by atoms with Crippen LogP contribution in [0.25, 0.3) is 186 Å². The third kappa shape index (κ3) is 8.22. The summed E-state index contributed by atoms with van der Waals surface area (Å²) in [4.78, 5) is 0. The molecule has 0 amide bonds. The number of hydrogen-bond acceptors (Lipinski definition) is 12. The van der Waals surface area contributed by atoms with Gasteiger partial charge in [-0.1, -0.05) is 218 Å². The van der Waals surface area contributed by atoms with Crippen LogP contribution < -0.4 is 4.74 Å². The minimum atomic E-state index is -1.09. The fraction of sp³-hybridized carbons (Fsp3) is 0. The normalized spacial score (nSPS) is 12.0. The highest BCUT2D eigenvalue weighted by Crippen LogP contribution is 2.62. The fourth-order valence-corrected chi connectivity index (χ4v) is 15.7. The predicted molar refractivity (Wildman–Crippen MR) is 398 cm³/mol. The van der Waals surface area contributed by atoms with Crippen molar-refractivity contribution in [3.8, 4) is 130 Å². The Morgan fingerprint density at radius 2 is 0.680 bits per heavy atom. The van der Waals surface area contributed by atoms with Crippen LogP contribution in [0.2, 0.25) is 0 Å². The third-order valence-electron chi connectivity index (χ3n) is 20.1. The van der Waals surface area contributed by atoms with E-state index in [-0.39, 0.29) is 28.0 Å². The van der Waals surface area contributed by atoms with Crippen molar-refractivity contribution < 1.29 is 59.5 Å². The van der Waals surface area contributed by atoms with E-state index in [1.54, 1.807) is 36.4 Å². The Labute approximate surface area is 566 Å².